The number of hydrazone groups is 1. The molecule has 0 bridgehead atoms. The molecule has 1 N–H and O–H groups in total. The third kappa shape index (κ3) is 7.31. The lowest BCUT2D eigenvalue weighted by atomic mass is 10.1. The first kappa shape index (κ1) is 20.8. The average Bonchev–Trinajstić information content (AvgIpc) is 2.61. The van der Waals surface area contributed by atoms with Crippen LogP contribution >= 0.6 is 11.6 Å². The zero-order valence-electron chi connectivity index (χ0n) is 15.9. The van der Waals surface area contributed by atoms with Crippen molar-refractivity contribution in [3.63, 3.8) is 0 Å². The molecule has 0 aromatic heterocycles. The van der Waals surface area contributed by atoms with Gasteiger partial charge in [-0.05, 0) is 54.3 Å². The van der Waals surface area contributed by atoms with Crippen LogP contribution in [-0.2, 0) is 11.4 Å². The molecule has 6 heteroatoms. The number of carbonyl (C=O) groups is 1. The molecule has 0 aliphatic carbocycles. The second-order valence-electron chi connectivity index (χ2n) is 6.45. The van der Waals surface area contributed by atoms with E-state index in [-0.39, 0.29) is 5.91 Å². The summed E-state index contributed by atoms with van der Waals surface area (Å²) < 4.78 is 11.5. The molecule has 0 heterocycles. The summed E-state index contributed by atoms with van der Waals surface area (Å²) >= 11 is 6.00. The van der Waals surface area contributed by atoms with Crippen molar-refractivity contribution in [2.45, 2.75) is 33.8 Å². The third-order valence-electron chi connectivity index (χ3n) is 3.55. The highest BCUT2D eigenvalue weighted by Gasteiger charge is 2.07. The van der Waals surface area contributed by atoms with Crippen molar-refractivity contribution in [2.75, 3.05) is 6.61 Å². The normalized spacial score (nSPS) is 11.0. The van der Waals surface area contributed by atoms with Gasteiger partial charge in [-0.1, -0.05) is 37.6 Å². The molecule has 0 saturated carbocycles. The molecule has 2 rings (SSSR count). The monoisotopic (exact) mass is 388 g/mol. The van der Waals surface area contributed by atoms with Crippen LogP contribution in [0.3, 0.4) is 0 Å². The van der Waals surface area contributed by atoms with E-state index in [1.54, 1.807) is 6.21 Å². The third-order valence-corrected chi connectivity index (χ3v) is 3.78. The summed E-state index contributed by atoms with van der Waals surface area (Å²) in [5.41, 5.74) is 4.31. The minimum atomic E-state index is -0.104. The van der Waals surface area contributed by atoms with Crippen LogP contribution in [0.25, 0.3) is 0 Å². The Labute approximate surface area is 165 Å². The van der Waals surface area contributed by atoms with Crippen molar-refractivity contribution in [1.82, 2.24) is 5.43 Å². The van der Waals surface area contributed by atoms with Crippen molar-refractivity contribution in [3.8, 4) is 11.5 Å². The maximum Gasteiger partial charge on any atom is 0.240 e. The lowest BCUT2D eigenvalue weighted by Gasteiger charge is -2.13. The molecular formula is C21H25ClN2O3. The van der Waals surface area contributed by atoms with Crippen molar-refractivity contribution in [3.05, 3.63) is 58.6 Å². The van der Waals surface area contributed by atoms with E-state index in [4.69, 9.17) is 21.1 Å². The maximum absolute atomic E-state index is 11.6. The Balaban J connectivity index is 2.03. The lowest BCUT2D eigenvalue weighted by molar-refractivity contribution is -0.121. The van der Waals surface area contributed by atoms with Crippen molar-refractivity contribution >= 4 is 23.7 Å². The molecule has 0 atom stereocenters. The van der Waals surface area contributed by atoms with Crippen LogP contribution in [-0.4, -0.2) is 18.7 Å². The number of carbonyl (C=O) groups excluding carboxylic acids is 1. The number of amides is 1. The van der Waals surface area contributed by atoms with Crippen LogP contribution in [0.15, 0.2) is 47.6 Å². The number of nitrogens with zero attached hydrogens (tertiary/aromatic N) is 1. The van der Waals surface area contributed by atoms with Gasteiger partial charge in [0.2, 0.25) is 5.91 Å². The van der Waals surface area contributed by atoms with Gasteiger partial charge in [-0.3, -0.25) is 4.79 Å². The van der Waals surface area contributed by atoms with E-state index in [0.29, 0.717) is 42.1 Å². The molecule has 0 unspecified atom stereocenters. The van der Waals surface area contributed by atoms with E-state index >= 15 is 0 Å². The molecule has 2 aromatic carbocycles. The van der Waals surface area contributed by atoms with Crippen LogP contribution in [0.1, 0.15) is 38.3 Å². The predicted octanol–water partition coefficient (Wildman–Crippen LogP) is 4.81. The minimum absolute atomic E-state index is 0.104. The Bertz CT molecular complexity index is 791. The molecule has 0 fully saturated rings. The van der Waals surface area contributed by atoms with Gasteiger partial charge in [0.05, 0.1) is 12.8 Å². The fourth-order valence-corrected chi connectivity index (χ4v) is 2.59. The van der Waals surface area contributed by atoms with Crippen molar-refractivity contribution < 1.29 is 14.3 Å². The van der Waals surface area contributed by atoms with Gasteiger partial charge in [-0.25, -0.2) is 5.43 Å². The summed E-state index contributed by atoms with van der Waals surface area (Å²) in [6, 6.07) is 13.0. The van der Waals surface area contributed by atoms with Crippen LogP contribution in [0.4, 0.5) is 0 Å². The summed E-state index contributed by atoms with van der Waals surface area (Å²) in [5.74, 6) is 1.45. The first-order valence-corrected chi connectivity index (χ1v) is 9.31. The minimum Gasteiger partial charge on any atom is -0.490 e. The van der Waals surface area contributed by atoms with E-state index < -0.39 is 0 Å². The first-order chi connectivity index (χ1) is 13.0. The Morgan fingerprint density at radius 3 is 2.70 bits per heavy atom. The van der Waals surface area contributed by atoms with Gasteiger partial charge >= 0.3 is 0 Å². The summed E-state index contributed by atoms with van der Waals surface area (Å²) in [5, 5.41) is 4.67. The highest BCUT2D eigenvalue weighted by molar-refractivity contribution is 6.30. The maximum atomic E-state index is 11.6. The number of rotatable bonds is 9. The number of hydrogen-bond acceptors (Lipinski definition) is 4. The van der Waals surface area contributed by atoms with Gasteiger partial charge in [0, 0.05) is 11.4 Å². The molecule has 1 amide bonds. The summed E-state index contributed by atoms with van der Waals surface area (Å²) in [4.78, 5) is 11.6. The van der Waals surface area contributed by atoms with Gasteiger partial charge in [-0.15, -0.1) is 0 Å². The van der Waals surface area contributed by atoms with E-state index in [2.05, 4.69) is 10.5 Å². The summed E-state index contributed by atoms with van der Waals surface area (Å²) in [7, 11) is 0. The number of ether oxygens (including phenoxy) is 2. The molecule has 0 spiro atoms. The zero-order chi connectivity index (χ0) is 19.6. The molecule has 2 aromatic rings. The summed E-state index contributed by atoms with van der Waals surface area (Å²) in [6.45, 7) is 6.78. The smallest absolute Gasteiger partial charge is 0.240 e. The number of halogens is 1. The Hall–Kier alpha value is -2.53. The predicted molar refractivity (Wildman–Crippen MR) is 109 cm³/mol. The van der Waals surface area contributed by atoms with Crippen LogP contribution < -0.4 is 14.9 Å². The fraction of sp³-hybridized carbons (Fsp3) is 0.333. The number of benzene rings is 2. The molecular weight excluding hydrogens is 364 g/mol. The highest BCUT2D eigenvalue weighted by atomic mass is 35.5. The van der Waals surface area contributed by atoms with Gasteiger partial charge in [-0.2, -0.15) is 5.10 Å². The van der Waals surface area contributed by atoms with E-state index in [9.17, 15) is 4.79 Å². The second-order valence-corrected chi connectivity index (χ2v) is 6.89. The molecule has 0 aliphatic rings. The Morgan fingerprint density at radius 1 is 1.19 bits per heavy atom. The number of nitrogens with one attached hydrogen (secondary N) is 1. The number of hydrogen-bond donors (Lipinski definition) is 1. The molecule has 0 aliphatic heterocycles. The van der Waals surface area contributed by atoms with Gasteiger partial charge < -0.3 is 9.47 Å². The van der Waals surface area contributed by atoms with Gasteiger partial charge in [0.25, 0.3) is 0 Å². The molecule has 0 saturated heterocycles. The van der Waals surface area contributed by atoms with E-state index in [1.807, 2.05) is 63.2 Å². The fourth-order valence-electron chi connectivity index (χ4n) is 2.38. The molecule has 0 radical (unpaired) electrons. The molecule has 27 heavy (non-hydrogen) atoms. The quantitative estimate of drug-likeness (QED) is 0.495. The van der Waals surface area contributed by atoms with Crippen molar-refractivity contribution in [2.24, 2.45) is 11.0 Å². The first-order valence-electron chi connectivity index (χ1n) is 8.94. The Kier molecular flexibility index (Phi) is 8.14. The van der Waals surface area contributed by atoms with Crippen LogP contribution in [0.2, 0.25) is 5.02 Å². The lowest BCUT2D eigenvalue weighted by Crippen LogP contribution is -2.19. The van der Waals surface area contributed by atoms with Crippen LogP contribution in [0.5, 0.6) is 11.5 Å². The molecule has 144 valence electrons. The van der Waals surface area contributed by atoms with Crippen molar-refractivity contribution in [1.29, 1.82) is 0 Å². The van der Waals surface area contributed by atoms with Gasteiger partial charge in [0.1, 0.15) is 6.61 Å². The van der Waals surface area contributed by atoms with E-state index in [1.165, 1.54) is 0 Å². The second kappa shape index (κ2) is 10.6. The zero-order valence-corrected chi connectivity index (χ0v) is 16.6. The Morgan fingerprint density at radius 2 is 2.00 bits per heavy atom. The summed E-state index contributed by atoms with van der Waals surface area (Å²) in [6.07, 6.45) is 2.03. The van der Waals surface area contributed by atoms with Gasteiger partial charge in [0.15, 0.2) is 11.5 Å². The highest BCUT2D eigenvalue weighted by Crippen LogP contribution is 2.29. The van der Waals surface area contributed by atoms with Crippen LogP contribution in [0, 0.1) is 5.92 Å². The molecule has 5 nitrogen and oxygen atoms in total. The SMILES string of the molecule is CCOc1cc(/C=N\NC(=O)CC(C)C)ccc1OCc1cccc(Cl)c1. The standard InChI is InChI=1S/C21H25ClN2O3/c1-4-26-20-12-16(13-23-24-21(25)10-15(2)3)8-9-19(20)27-14-17-6-5-7-18(22)11-17/h5-9,11-13,15H,4,10,14H2,1-3H3,(H,24,25)/b23-13-. The largest absolute Gasteiger partial charge is 0.490 e. The average molecular weight is 389 g/mol. The van der Waals surface area contributed by atoms with E-state index in [0.717, 1.165) is 11.1 Å². The topological polar surface area (TPSA) is 59.9 Å².